The van der Waals surface area contributed by atoms with Crippen LogP contribution in [0.15, 0.2) is 30.6 Å². The van der Waals surface area contributed by atoms with Gasteiger partial charge in [-0.15, -0.1) is 0 Å². The van der Waals surface area contributed by atoms with Crippen molar-refractivity contribution < 1.29 is 14.3 Å². The van der Waals surface area contributed by atoms with E-state index in [9.17, 15) is 4.79 Å². The number of rotatable bonds is 2. The highest BCUT2D eigenvalue weighted by Crippen LogP contribution is 2.33. The lowest BCUT2D eigenvalue weighted by atomic mass is 9.94. The Morgan fingerprint density at radius 2 is 2.12 bits per heavy atom. The summed E-state index contributed by atoms with van der Waals surface area (Å²) >= 11 is 0. The summed E-state index contributed by atoms with van der Waals surface area (Å²) in [5.74, 6) is 1.60. The lowest BCUT2D eigenvalue weighted by Gasteiger charge is -2.32. The van der Waals surface area contributed by atoms with Crippen LogP contribution in [0.3, 0.4) is 0 Å². The van der Waals surface area contributed by atoms with Gasteiger partial charge in [0, 0.05) is 37.0 Å². The van der Waals surface area contributed by atoms with Crippen molar-refractivity contribution in [3.05, 3.63) is 47.5 Å². The van der Waals surface area contributed by atoms with E-state index in [0.717, 1.165) is 30.8 Å². The van der Waals surface area contributed by atoms with Gasteiger partial charge in [0.25, 0.3) is 5.91 Å². The molecule has 4 rings (SSSR count). The Morgan fingerprint density at radius 3 is 3.00 bits per heavy atom. The summed E-state index contributed by atoms with van der Waals surface area (Å²) < 4.78 is 10.7. The van der Waals surface area contributed by atoms with Crippen LogP contribution in [0, 0.1) is 6.92 Å². The number of hydrogen-bond acceptors (Lipinski definition) is 5. The van der Waals surface area contributed by atoms with Gasteiger partial charge in [-0.25, -0.2) is 0 Å². The van der Waals surface area contributed by atoms with Gasteiger partial charge < -0.3 is 14.4 Å². The number of ether oxygens (including phenoxy) is 2. The number of hydrogen-bond donors (Lipinski definition) is 0. The second-order valence-electron chi connectivity index (χ2n) is 6.24. The highest BCUT2D eigenvalue weighted by molar-refractivity contribution is 5.95. The van der Waals surface area contributed by atoms with Crippen molar-refractivity contribution in [1.82, 2.24) is 14.9 Å². The fourth-order valence-corrected chi connectivity index (χ4v) is 3.29. The van der Waals surface area contributed by atoms with Crippen molar-refractivity contribution in [1.29, 1.82) is 0 Å². The van der Waals surface area contributed by atoms with E-state index in [0.29, 0.717) is 23.6 Å². The zero-order valence-corrected chi connectivity index (χ0v) is 13.6. The second-order valence-corrected chi connectivity index (χ2v) is 6.24. The molecule has 1 unspecified atom stereocenters. The van der Waals surface area contributed by atoms with Gasteiger partial charge in [0.15, 0.2) is 11.5 Å². The molecule has 24 heavy (non-hydrogen) atoms. The van der Waals surface area contributed by atoms with Gasteiger partial charge in [0.05, 0.1) is 11.4 Å². The molecule has 1 atom stereocenters. The van der Waals surface area contributed by atoms with Crippen molar-refractivity contribution in [2.45, 2.75) is 25.7 Å². The van der Waals surface area contributed by atoms with E-state index in [1.807, 2.05) is 18.0 Å². The summed E-state index contributed by atoms with van der Waals surface area (Å²) in [5, 5.41) is 0. The minimum Gasteiger partial charge on any atom is -0.454 e. The monoisotopic (exact) mass is 325 g/mol. The largest absolute Gasteiger partial charge is 0.454 e. The molecule has 2 aliphatic rings. The molecule has 2 aromatic rings. The molecule has 1 fully saturated rings. The van der Waals surface area contributed by atoms with Crippen LogP contribution in [0.4, 0.5) is 0 Å². The van der Waals surface area contributed by atoms with E-state index < -0.39 is 0 Å². The molecule has 0 saturated carbocycles. The van der Waals surface area contributed by atoms with Crippen molar-refractivity contribution >= 4 is 5.91 Å². The van der Waals surface area contributed by atoms with Crippen molar-refractivity contribution in [3.63, 3.8) is 0 Å². The predicted molar refractivity (Wildman–Crippen MR) is 87.2 cm³/mol. The molecule has 0 spiro atoms. The lowest BCUT2D eigenvalue weighted by Crippen LogP contribution is -2.39. The number of nitrogens with zero attached hydrogens (tertiary/aromatic N) is 3. The highest BCUT2D eigenvalue weighted by Gasteiger charge is 2.27. The third-order valence-corrected chi connectivity index (χ3v) is 4.52. The molecule has 1 saturated heterocycles. The van der Waals surface area contributed by atoms with Crippen LogP contribution in [0.25, 0.3) is 0 Å². The molecule has 2 aliphatic heterocycles. The minimum atomic E-state index is 0.0265. The fraction of sp³-hybridized carbons (Fsp3) is 0.389. The number of aryl methyl sites for hydroxylation is 1. The summed E-state index contributed by atoms with van der Waals surface area (Å²) in [4.78, 5) is 23.5. The van der Waals surface area contributed by atoms with Crippen molar-refractivity contribution in [3.8, 4) is 11.5 Å². The molecule has 1 aromatic carbocycles. The average Bonchev–Trinajstić information content (AvgIpc) is 3.09. The number of fused-ring (bicyclic) bond motifs is 1. The zero-order valence-electron chi connectivity index (χ0n) is 13.6. The van der Waals surface area contributed by atoms with Gasteiger partial charge >= 0.3 is 0 Å². The first-order valence-corrected chi connectivity index (χ1v) is 8.18. The Morgan fingerprint density at radius 1 is 1.25 bits per heavy atom. The summed E-state index contributed by atoms with van der Waals surface area (Å²) in [5.41, 5.74) is 2.51. The van der Waals surface area contributed by atoms with E-state index in [2.05, 4.69) is 9.97 Å². The van der Waals surface area contributed by atoms with Gasteiger partial charge in [0.1, 0.15) is 0 Å². The van der Waals surface area contributed by atoms with Gasteiger partial charge in [0.2, 0.25) is 6.79 Å². The Balaban J connectivity index is 1.52. The maximum absolute atomic E-state index is 12.8. The highest BCUT2D eigenvalue weighted by atomic mass is 16.7. The molecular weight excluding hydrogens is 306 g/mol. The standard InChI is InChI=1S/C18H19N3O3/c1-12-8-19-9-15(20-12)14-3-2-6-21(10-14)18(22)13-4-5-16-17(7-13)24-11-23-16/h4-5,7-9,14H,2-3,6,10-11H2,1H3. The molecule has 6 heteroatoms. The lowest BCUT2D eigenvalue weighted by molar-refractivity contribution is 0.0705. The Hall–Kier alpha value is -2.63. The van der Waals surface area contributed by atoms with E-state index in [1.165, 1.54) is 0 Å². The van der Waals surface area contributed by atoms with Gasteiger partial charge in [-0.1, -0.05) is 0 Å². The first-order chi connectivity index (χ1) is 11.7. The molecule has 124 valence electrons. The number of benzene rings is 1. The van der Waals surface area contributed by atoms with Gasteiger partial charge in [-0.2, -0.15) is 0 Å². The van der Waals surface area contributed by atoms with Crippen LogP contribution in [0.5, 0.6) is 11.5 Å². The second kappa shape index (κ2) is 6.11. The molecule has 0 radical (unpaired) electrons. The Bertz CT molecular complexity index is 778. The minimum absolute atomic E-state index is 0.0265. The van der Waals surface area contributed by atoms with E-state index in [1.54, 1.807) is 24.4 Å². The molecule has 1 amide bonds. The summed E-state index contributed by atoms with van der Waals surface area (Å²) in [6, 6.07) is 5.36. The molecule has 3 heterocycles. The van der Waals surface area contributed by atoms with Crippen LogP contribution in [-0.4, -0.2) is 40.7 Å². The van der Waals surface area contributed by atoms with Crippen molar-refractivity contribution in [2.24, 2.45) is 0 Å². The number of aromatic nitrogens is 2. The van der Waals surface area contributed by atoms with Crippen LogP contribution in [-0.2, 0) is 0 Å². The summed E-state index contributed by atoms with van der Waals surface area (Å²) in [6.45, 7) is 3.59. The maximum atomic E-state index is 12.8. The van der Waals surface area contributed by atoms with E-state index in [4.69, 9.17) is 9.47 Å². The van der Waals surface area contributed by atoms with Gasteiger partial charge in [-0.3, -0.25) is 14.8 Å². The average molecular weight is 325 g/mol. The van der Waals surface area contributed by atoms with Crippen LogP contribution in [0.2, 0.25) is 0 Å². The zero-order chi connectivity index (χ0) is 16.5. The quantitative estimate of drug-likeness (QED) is 0.849. The van der Waals surface area contributed by atoms with Crippen LogP contribution < -0.4 is 9.47 Å². The molecule has 0 N–H and O–H groups in total. The van der Waals surface area contributed by atoms with Gasteiger partial charge in [-0.05, 0) is 38.0 Å². The van der Waals surface area contributed by atoms with Crippen LogP contribution >= 0.6 is 0 Å². The number of piperidine rings is 1. The van der Waals surface area contributed by atoms with E-state index >= 15 is 0 Å². The predicted octanol–water partition coefficient (Wildman–Crippen LogP) is 2.53. The smallest absolute Gasteiger partial charge is 0.254 e. The SMILES string of the molecule is Cc1cncc(C2CCCN(C(=O)c3ccc4c(c3)OCO4)C2)n1. The van der Waals surface area contributed by atoms with Crippen molar-refractivity contribution in [2.75, 3.05) is 19.9 Å². The normalized spacial score (nSPS) is 19.4. The molecule has 6 nitrogen and oxygen atoms in total. The summed E-state index contributed by atoms with van der Waals surface area (Å²) in [7, 11) is 0. The molecular formula is C18H19N3O3. The third-order valence-electron chi connectivity index (χ3n) is 4.52. The number of carbonyl (C=O) groups is 1. The molecule has 1 aromatic heterocycles. The van der Waals surface area contributed by atoms with Crippen LogP contribution in [0.1, 0.15) is 40.5 Å². The topological polar surface area (TPSA) is 64.6 Å². The number of amides is 1. The first-order valence-electron chi connectivity index (χ1n) is 8.18. The number of likely N-dealkylation sites (tertiary alicyclic amines) is 1. The molecule has 0 bridgehead atoms. The third kappa shape index (κ3) is 2.79. The summed E-state index contributed by atoms with van der Waals surface area (Å²) in [6.07, 6.45) is 5.56. The Labute approximate surface area is 140 Å². The fourth-order valence-electron chi connectivity index (χ4n) is 3.29. The number of carbonyl (C=O) groups excluding carboxylic acids is 1. The van der Waals surface area contributed by atoms with E-state index in [-0.39, 0.29) is 18.6 Å². The maximum Gasteiger partial charge on any atom is 0.254 e. The first kappa shape index (κ1) is 14.9. The molecule has 0 aliphatic carbocycles. The Kier molecular flexibility index (Phi) is 3.80.